The average Bonchev–Trinajstić information content (AvgIpc) is 2.70. The lowest BCUT2D eigenvalue weighted by Crippen LogP contribution is -2.42. The molecule has 0 aliphatic rings. The molecule has 0 saturated heterocycles. The van der Waals surface area contributed by atoms with Crippen molar-refractivity contribution < 1.29 is 18.3 Å². The van der Waals surface area contributed by atoms with Crippen molar-refractivity contribution in [1.82, 2.24) is 9.71 Å². The van der Waals surface area contributed by atoms with Crippen molar-refractivity contribution in [3.8, 4) is 0 Å². The molecule has 0 radical (unpaired) electrons. The summed E-state index contributed by atoms with van der Waals surface area (Å²) in [6.45, 7) is 5.53. The van der Waals surface area contributed by atoms with Crippen LogP contribution in [-0.4, -0.2) is 36.3 Å². The molecular weight excluding hydrogens is 300 g/mol. The number of aromatic nitrogens is 1. The van der Waals surface area contributed by atoms with Crippen LogP contribution in [-0.2, 0) is 21.2 Å². The Morgan fingerprint density at radius 3 is 2.60 bits per heavy atom. The smallest absolute Gasteiger partial charge is 0.321 e. The molecular formula is C12H20N2O4S2. The normalized spacial score (nSPS) is 13.6. The van der Waals surface area contributed by atoms with Crippen molar-refractivity contribution in [3.63, 3.8) is 0 Å². The molecule has 114 valence electrons. The number of aliphatic carboxylic acids is 1. The number of nitrogens with zero attached hydrogens (tertiary/aromatic N) is 1. The third kappa shape index (κ3) is 5.56. The van der Waals surface area contributed by atoms with E-state index >= 15 is 0 Å². The number of carboxylic acid groups (broad SMARTS) is 1. The van der Waals surface area contributed by atoms with Gasteiger partial charge in [-0.3, -0.25) is 4.79 Å². The van der Waals surface area contributed by atoms with Crippen LogP contribution < -0.4 is 4.72 Å². The minimum atomic E-state index is -3.62. The minimum Gasteiger partial charge on any atom is -0.480 e. The highest BCUT2D eigenvalue weighted by Crippen LogP contribution is 2.14. The van der Waals surface area contributed by atoms with Gasteiger partial charge in [-0.25, -0.2) is 18.1 Å². The number of carbonyl (C=O) groups is 1. The van der Waals surface area contributed by atoms with Gasteiger partial charge in [0.15, 0.2) is 0 Å². The molecule has 6 nitrogen and oxygen atoms in total. The van der Waals surface area contributed by atoms with Gasteiger partial charge in [-0.1, -0.05) is 13.8 Å². The summed E-state index contributed by atoms with van der Waals surface area (Å²) in [6, 6.07) is -1.07. The zero-order valence-electron chi connectivity index (χ0n) is 11.8. The molecule has 0 amide bonds. The summed E-state index contributed by atoms with van der Waals surface area (Å²) in [5, 5.41) is 9.05. The summed E-state index contributed by atoms with van der Waals surface area (Å²) in [7, 11) is -3.62. The first-order chi connectivity index (χ1) is 9.21. The van der Waals surface area contributed by atoms with Crippen molar-refractivity contribution in [2.24, 2.45) is 5.92 Å². The monoisotopic (exact) mass is 320 g/mol. The van der Waals surface area contributed by atoms with Crippen molar-refractivity contribution >= 4 is 27.3 Å². The SMILES string of the molecule is Cc1ncsc1CCS(=O)(=O)NC(CC(C)C)C(=O)O. The second kappa shape index (κ2) is 7.14. The fourth-order valence-corrected chi connectivity index (χ4v) is 3.87. The van der Waals surface area contributed by atoms with E-state index in [1.807, 2.05) is 20.8 Å². The summed E-state index contributed by atoms with van der Waals surface area (Å²) in [6.07, 6.45) is 0.619. The van der Waals surface area contributed by atoms with Crippen LogP contribution in [0, 0.1) is 12.8 Å². The Kier molecular flexibility index (Phi) is 6.09. The van der Waals surface area contributed by atoms with Crippen LogP contribution in [0.15, 0.2) is 5.51 Å². The number of carboxylic acids is 1. The molecule has 1 rings (SSSR count). The molecule has 0 aliphatic heterocycles. The van der Waals surface area contributed by atoms with E-state index in [9.17, 15) is 13.2 Å². The fraction of sp³-hybridized carbons (Fsp3) is 0.667. The third-order valence-corrected chi connectivity index (χ3v) is 5.15. The van der Waals surface area contributed by atoms with Crippen LogP contribution in [0.1, 0.15) is 30.8 Å². The largest absolute Gasteiger partial charge is 0.480 e. The van der Waals surface area contributed by atoms with Crippen molar-refractivity contribution in [2.45, 2.75) is 39.7 Å². The van der Waals surface area contributed by atoms with E-state index in [0.717, 1.165) is 10.6 Å². The Hall–Kier alpha value is -0.990. The number of sulfonamides is 1. The maximum absolute atomic E-state index is 11.9. The van der Waals surface area contributed by atoms with Gasteiger partial charge in [-0.15, -0.1) is 11.3 Å². The van der Waals surface area contributed by atoms with Crippen molar-refractivity contribution in [1.29, 1.82) is 0 Å². The lowest BCUT2D eigenvalue weighted by Gasteiger charge is -2.16. The highest BCUT2D eigenvalue weighted by molar-refractivity contribution is 7.89. The molecule has 0 fully saturated rings. The van der Waals surface area contributed by atoms with Crippen LogP contribution in [0.5, 0.6) is 0 Å². The van der Waals surface area contributed by atoms with Gasteiger partial charge < -0.3 is 5.11 Å². The lowest BCUT2D eigenvalue weighted by molar-refractivity contribution is -0.139. The number of aryl methyl sites for hydroxylation is 2. The van der Waals surface area contributed by atoms with E-state index in [2.05, 4.69) is 9.71 Å². The molecule has 1 aromatic rings. The molecule has 0 spiro atoms. The molecule has 20 heavy (non-hydrogen) atoms. The highest BCUT2D eigenvalue weighted by atomic mass is 32.2. The maximum atomic E-state index is 11.9. The Balaban J connectivity index is 2.63. The predicted octanol–water partition coefficient (Wildman–Crippen LogP) is 1.41. The Morgan fingerprint density at radius 1 is 1.50 bits per heavy atom. The van der Waals surface area contributed by atoms with Crippen LogP contribution in [0.4, 0.5) is 0 Å². The first-order valence-electron chi connectivity index (χ1n) is 6.33. The van der Waals surface area contributed by atoms with Gasteiger partial charge in [-0.2, -0.15) is 0 Å². The molecule has 0 saturated carbocycles. The summed E-state index contributed by atoms with van der Waals surface area (Å²) in [4.78, 5) is 16.0. The van der Waals surface area contributed by atoms with Gasteiger partial charge in [0.1, 0.15) is 6.04 Å². The molecule has 1 aromatic heterocycles. The summed E-state index contributed by atoms with van der Waals surface area (Å²) >= 11 is 1.41. The first kappa shape index (κ1) is 17.1. The van der Waals surface area contributed by atoms with Gasteiger partial charge in [0.05, 0.1) is 17.0 Å². The summed E-state index contributed by atoms with van der Waals surface area (Å²) < 4.78 is 26.1. The Morgan fingerprint density at radius 2 is 2.15 bits per heavy atom. The molecule has 2 N–H and O–H groups in total. The molecule has 0 bridgehead atoms. The van der Waals surface area contributed by atoms with E-state index in [4.69, 9.17) is 5.11 Å². The zero-order chi connectivity index (χ0) is 15.3. The average molecular weight is 320 g/mol. The van der Waals surface area contributed by atoms with Crippen LogP contribution in [0.2, 0.25) is 0 Å². The van der Waals surface area contributed by atoms with Gasteiger partial charge in [0.2, 0.25) is 10.0 Å². The van der Waals surface area contributed by atoms with Gasteiger partial charge >= 0.3 is 5.97 Å². The van der Waals surface area contributed by atoms with Gasteiger partial charge in [-0.05, 0) is 25.7 Å². The quantitative estimate of drug-likeness (QED) is 0.755. The summed E-state index contributed by atoms with van der Waals surface area (Å²) in [5.74, 6) is -1.17. The lowest BCUT2D eigenvalue weighted by atomic mass is 10.1. The minimum absolute atomic E-state index is 0.0996. The number of rotatable bonds is 8. The van der Waals surface area contributed by atoms with E-state index in [-0.39, 0.29) is 18.1 Å². The number of hydrogen-bond acceptors (Lipinski definition) is 5. The maximum Gasteiger partial charge on any atom is 0.321 e. The van der Waals surface area contributed by atoms with Gasteiger partial charge in [0, 0.05) is 4.88 Å². The molecule has 1 heterocycles. The predicted molar refractivity (Wildman–Crippen MR) is 78.4 cm³/mol. The second-order valence-electron chi connectivity index (χ2n) is 5.07. The number of hydrogen-bond donors (Lipinski definition) is 2. The standard InChI is InChI=1S/C12H20N2O4S2/c1-8(2)6-10(12(15)16)14-20(17,18)5-4-11-9(3)13-7-19-11/h7-8,10,14H,4-6H2,1-3H3,(H,15,16). The third-order valence-electron chi connectivity index (χ3n) is 2.77. The van der Waals surface area contributed by atoms with Crippen LogP contribution >= 0.6 is 11.3 Å². The molecule has 0 aliphatic carbocycles. The van der Waals surface area contributed by atoms with E-state index in [1.54, 1.807) is 5.51 Å². The van der Waals surface area contributed by atoms with Gasteiger partial charge in [0.25, 0.3) is 0 Å². The number of nitrogens with one attached hydrogen (secondary N) is 1. The van der Waals surface area contributed by atoms with E-state index < -0.39 is 22.0 Å². The number of thiazole rings is 1. The molecule has 8 heteroatoms. The van der Waals surface area contributed by atoms with Crippen LogP contribution in [0.25, 0.3) is 0 Å². The van der Waals surface area contributed by atoms with Crippen LogP contribution in [0.3, 0.4) is 0 Å². The first-order valence-corrected chi connectivity index (χ1v) is 8.86. The fourth-order valence-electron chi connectivity index (χ4n) is 1.74. The van der Waals surface area contributed by atoms with E-state index in [1.165, 1.54) is 11.3 Å². The molecule has 1 unspecified atom stereocenters. The van der Waals surface area contributed by atoms with Crippen molar-refractivity contribution in [3.05, 3.63) is 16.1 Å². The molecule has 0 aromatic carbocycles. The second-order valence-corrected chi connectivity index (χ2v) is 7.88. The molecule has 1 atom stereocenters. The Bertz CT molecular complexity index is 552. The Labute approximate surface area is 123 Å². The highest BCUT2D eigenvalue weighted by Gasteiger charge is 2.24. The van der Waals surface area contributed by atoms with E-state index in [0.29, 0.717) is 6.42 Å². The van der Waals surface area contributed by atoms with Crippen molar-refractivity contribution in [2.75, 3.05) is 5.75 Å². The zero-order valence-corrected chi connectivity index (χ0v) is 13.4. The summed E-state index contributed by atoms with van der Waals surface area (Å²) in [5.41, 5.74) is 2.49. The topological polar surface area (TPSA) is 96.4 Å².